The molecule has 3 atom stereocenters. The van der Waals surface area contributed by atoms with Gasteiger partial charge in [0.15, 0.2) is 0 Å². The van der Waals surface area contributed by atoms with Crippen molar-refractivity contribution in [1.82, 2.24) is 0 Å². The zero-order valence-corrected chi connectivity index (χ0v) is 18.1. The van der Waals surface area contributed by atoms with E-state index in [-0.39, 0.29) is 12.5 Å². The maximum Gasteiger partial charge on any atom is 0.339 e. The normalized spacial score (nSPS) is 23.8. The second-order valence-electron chi connectivity index (χ2n) is 7.72. The first-order valence-corrected chi connectivity index (χ1v) is 10.8. The molecule has 1 N–H and O–H groups in total. The fraction of sp³-hybridized carbons (Fsp3) is 0.200. The monoisotopic (exact) mass is 448 g/mol. The number of ether oxygens (including phenoxy) is 1. The summed E-state index contributed by atoms with van der Waals surface area (Å²) in [5, 5.41) is 5.18. The largest absolute Gasteiger partial charge is 0.464 e. The second-order valence-corrected chi connectivity index (χ2v) is 8.16. The number of carbonyl (C=O) groups excluding carboxylic acids is 2. The first-order valence-electron chi connectivity index (χ1n) is 10.4. The molecule has 7 heteroatoms. The number of hydrogen-bond acceptors (Lipinski definition) is 5. The second kappa shape index (κ2) is 7.97. The quantitative estimate of drug-likeness (QED) is 0.588. The van der Waals surface area contributed by atoms with Crippen molar-refractivity contribution in [3.63, 3.8) is 0 Å². The van der Waals surface area contributed by atoms with Gasteiger partial charge in [0, 0.05) is 10.7 Å². The lowest BCUT2D eigenvalue weighted by Crippen LogP contribution is -2.50. The lowest BCUT2D eigenvalue weighted by atomic mass is 9.69. The summed E-state index contributed by atoms with van der Waals surface area (Å²) in [6.45, 7) is 1.91. The molecule has 1 spiro atoms. The van der Waals surface area contributed by atoms with Crippen LogP contribution >= 0.6 is 11.6 Å². The zero-order valence-electron chi connectivity index (χ0n) is 17.3. The number of anilines is 2. The fourth-order valence-electron chi connectivity index (χ4n) is 4.69. The van der Waals surface area contributed by atoms with E-state index in [9.17, 15) is 9.59 Å². The van der Waals surface area contributed by atoms with Gasteiger partial charge in [-0.2, -0.15) is 0 Å². The number of fused-ring (bicyclic) bond motifs is 2. The number of esters is 1. The van der Waals surface area contributed by atoms with Crippen LogP contribution in [0.2, 0.25) is 5.02 Å². The van der Waals surface area contributed by atoms with Crippen molar-refractivity contribution in [1.29, 1.82) is 0 Å². The molecule has 2 aliphatic heterocycles. The Morgan fingerprint density at radius 3 is 2.47 bits per heavy atom. The molecule has 0 radical (unpaired) electrons. The minimum absolute atomic E-state index is 0.176. The molecule has 6 nitrogen and oxygen atoms in total. The van der Waals surface area contributed by atoms with E-state index in [0.717, 1.165) is 11.3 Å². The Labute approximate surface area is 190 Å². The molecule has 1 amide bonds. The standard InChI is InChI=1S/C25H21ClN2O4/c1-2-31-23(29)22-25(19-10-6-7-11-20(19)27-24(25)30)21(16-12-14-17(26)15-13-16)28(32-22)18-8-4-3-5-9-18/h3-15,21-22H,2H2,1H3,(H,27,30)/t21-,22+,25?/m1/s1. The Bertz CT molecular complexity index is 1170. The number of nitrogens with zero attached hydrogens (tertiary/aromatic N) is 1. The Morgan fingerprint density at radius 2 is 1.75 bits per heavy atom. The fourth-order valence-corrected chi connectivity index (χ4v) is 4.82. The first kappa shape index (κ1) is 20.5. The highest BCUT2D eigenvalue weighted by Gasteiger charge is 2.68. The Hall–Kier alpha value is -3.35. The van der Waals surface area contributed by atoms with Gasteiger partial charge in [0.1, 0.15) is 11.5 Å². The molecule has 2 aliphatic rings. The average Bonchev–Trinajstić information content (AvgIpc) is 3.32. The summed E-state index contributed by atoms with van der Waals surface area (Å²) in [5.74, 6) is -0.896. The van der Waals surface area contributed by atoms with Crippen LogP contribution in [0.1, 0.15) is 24.1 Å². The van der Waals surface area contributed by atoms with Gasteiger partial charge in [0.05, 0.1) is 12.3 Å². The molecule has 1 fully saturated rings. The molecule has 0 bridgehead atoms. The lowest BCUT2D eigenvalue weighted by Gasteiger charge is -2.33. The Kier molecular flexibility index (Phi) is 5.12. The molecule has 3 aromatic carbocycles. The number of rotatable bonds is 4. The highest BCUT2D eigenvalue weighted by molar-refractivity contribution is 6.30. The number of amides is 1. The summed E-state index contributed by atoms with van der Waals surface area (Å²) in [5.41, 5.74) is 1.51. The van der Waals surface area contributed by atoms with E-state index in [4.69, 9.17) is 21.2 Å². The van der Waals surface area contributed by atoms with Crippen LogP contribution < -0.4 is 10.4 Å². The van der Waals surface area contributed by atoms with Gasteiger partial charge < -0.3 is 10.1 Å². The molecule has 3 aromatic rings. The van der Waals surface area contributed by atoms with Crippen LogP contribution in [0.15, 0.2) is 78.9 Å². The maximum atomic E-state index is 13.8. The van der Waals surface area contributed by atoms with Crippen molar-refractivity contribution in [3.8, 4) is 0 Å². The molecule has 5 rings (SSSR count). The number of carbonyl (C=O) groups is 2. The van der Waals surface area contributed by atoms with Crippen molar-refractivity contribution >= 4 is 34.9 Å². The molecule has 1 saturated heterocycles. The number of halogens is 1. The van der Waals surface area contributed by atoms with Crippen molar-refractivity contribution in [2.45, 2.75) is 24.5 Å². The van der Waals surface area contributed by atoms with Gasteiger partial charge >= 0.3 is 5.97 Å². The van der Waals surface area contributed by atoms with E-state index < -0.39 is 23.5 Å². The van der Waals surface area contributed by atoms with Gasteiger partial charge in [-0.1, -0.05) is 60.1 Å². The minimum atomic E-state index is -1.35. The predicted octanol–water partition coefficient (Wildman–Crippen LogP) is 4.65. The van der Waals surface area contributed by atoms with Gasteiger partial charge in [0.2, 0.25) is 12.0 Å². The number of nitrogens with one attached hydrogen (secondary N) is 1. The molecule has 1 unspecified atom stereocenters. The molecule has 162 valence electrons. The van der Waals surface area contributed by atoms with E-state index in [0.29, 0.717) is 16.3 Å². The predicted molar refractivity (Wildman–Crippen MR) is 121 cm³/mol. The van der Waals surface area contributed by atoms with Gasteiger partial charge in [-0.05, 0) is 48.4 Å². The molecular formula is C25H21ClN2O4. The van der Waals surface area contributed by atoms with Crippen LogP contribution in [0.3, 0.4) is 0 Å². The number of para-hydroxylation sites is 2. The summed E-state index contributed by atoms with van der Waals surface area (Å²) >= 11 is 6.15. The Balaban J connectivity index is 1.79. The molecule has 2 heterocycles. The summed E-state index contributed by atoms with van der Waals surface area (Å²) in [7, 11) is 0. The van der Waals surface area contributed by atoms with Crippen LogP contribution in [0.5, 0.6) is 0 Å². The topological polar surface area (TPSA) is 67.9 Å². The molecule has 0 aromatic heterocycles. The third kappa shape index (κ3) is 2.98. The van der Waals surface area contributed by atoms with E-state index in [1.807, 2.05) is 66.7 Å². The third-order valence-electron chi connectivity index (χ3n) is 5.99. The van der Waals surface area contributed by atoms with Crippen molar-refractivity contribution in [2.75, 3.05) is 17.0 Å². The summed E-state index contributed by atoms with van der Waals surface area (Å²) < 4.78 is 5.37. The lowest BCUT2D eigenvalue weighted by molar-refractivity contribution is -0.159. The molecule has 0 saturated carbocycles. The van der Waals surface area contributed by atoms with Crippen molar-refractivity contribution < 1.29 is 19.2 Å². The number of hydroxylamine groups is 1. The van der Waals surface area contributed by atoms with E-state index in [2.05, 4.69) is 5.32 Å². The van der Waals surface area contributed by atoms with Gasteiger partial charge in [-0.3, -0.25) is 9.63 Å². The van der Waals surface area contributed by atoms with Gasteiger partial charge in [-0.25, -0.2) is 9.86 Å². The Morgan fingerprint density at radius 1 is 1.06 bits per heavy atom. The summed E-state index contributed by atoms with van der Waals surface area (Å²) in [6, 6.07) is 23.4. The minimum Gasteiger partial charge on any atom is -0.464 e. The van der Waals surface area contributed by atoms with Crippen LogP contribution in [0, 0.1) is 0 Å². The average molecular weight is 449 g/mol. The van der Waals surface area contributed by atoms with Crippen LogP contribution in [-0.2, 0) is 24.6 Å². The summed E-state index contributed by atoms with van der Waals surface area (Å²) in [6.07, 6.45) is -1.17. The van der Waals surface area contributed by atoms with E-state index in [1.165, 1.54) is 0 Å². The molecule has 0 aliphatic carbocycles. The summed E-state index contributed by atoms with van der Waals surface area (Å²) in [4.78, 5) is 33.2. The number of hydrogen-bond donors (Lipinski definition) is 1. The first-order chi connectivity index (χ1) is 15.6. The van der Waals surface area contributed by atoms with Crippen molar-refractivity contribution in [2.24, 2.45) is 0 Å². The highest BCUT2D eigenvalue weighted by Crippen LogP contribution is 2.57. The molecular weight excluding hydrogens is 428 g/mol. The third-order valence-corrected chi connectivity index (χ3v) is 6.24. The number of benzene rings is 3. The van der Waals surface area contributed by atoms with Crippen LogP contribution in [0.25, 0.3) is 0 Å². The van der Waals surface area contributed by atoms with Crippen LogP contribution in [0.4, 0.5) is 11.4 Å². The SMILES string of the molecule is CCOC(=O)[C@@H]1ON(c2ccccc2)[C@H](c2ccc(Cl)cc2)C12C(=O)Nc1ccccc12. The van der Waals surface area contributed by atoms with Gasteiger partial charge in [0.25, 0.3) is 0 Å². The van der Waals surface area contributed by atoms with E-state index >= 15 is 0 Å². The maximum absolute atomic E-state index is 13.8. The van der Waals surface area contributed by atoms with Crippen molar-refractivity contribution in [3.05, 3.63) is 95.0 Å². The zero-order chi connectivity index (χ0) is 22.3. The van der Waals surface area contributed by atoms with Crippen LogP contribution in [-0.4, -0.2) is 24.6 Å². The highest BCUT2D eigenvalue weighted by atomic mass is 35.5. The van der Waals surface area contributed by atoms with Gasteiger partial charge in [-0.15, -0.1) is 0 Å². The van der Waals surface area contributed by atoms with E-state index in [1.54, 1.807) is 24.1 Å². The molecule has 32 heavy (non-hydrogen) atoms. The smallest absolute Gasteiger partial charge is 0.339 e.